The van der Waals surface area contributed by atoms with Crippen LogP contribution in [-0.2, 0) is 4.79 Å². The third-order valence-electron chi connectivity index (χ3n) is 4.85. The Hall–Kier alpha value is -0.320. The predicted octanol–water partition coefficient (Wildman–Crippen LogP) is 2.27. The summed E-state index contributed by atoms with van der Waals surface area (Å²) >= 11 is 0. The molecule has 0 aromatic rings. The molecule has 0 bridgehead atoms. The van der Waals surface area contributed by atoms with E-state index in [-0.39, 0.29) is 12.4 Å². The minimum Gasteiger partial charge on any atom is -0.340 e. The molecule has 1 amide bonds. The van der Waals surface area contributed by atoms with Gasteiger partial charge in [0.05, 0.1) is 0 Å². The van der Waals surface area contributed by atoms with Crippen molar-refractivity contribution in [2.45, 2.75) is 57.4 Å². The number of hydrogen-bond acceptors (Lipinski definition) is 3. The van der Waals surface area contributed by atoms with Crippen molar-refractivity contribution in [3.8, 4) is 0 Å². The average Bonchev–Trinajstić information content (AvgIpc) is 2.45. The van der Waals surface area contributed by atoms with Crippen LogP contribution in [0.1, 0.15) is 51.4 Å². The first-order valence-corrected chi connectivity index (χ1v) is 8.46. The van der Waals surface area contributed by atoms with Gasteiger partial charge in [0.2, 0.25) is 5.91 Å². The molecule has 0 spiro atoms. The highest BCUT2D eigenvalue weighted by Gasteiger charge is 2.19. The van der Waals surface area contributed by atoms with Gasteiger partial charge in [-0.05, 0) is 19.9 Å². The topological polar surface area (TPSA) is 35.6 Å². The lowest BCUT2D eigenvalue weighted by atomic mass is 9.96. The number of halogens is 1. The first-order chi connectivity index (χ1) is 9.77. The summed E-state index contributed by atoms with van der Waals surface area (Å²) in [5, 5.41) is 3.29. The standard InChI is InChI=1S/C16H31N3O.ClH/c1-18(15-7-5-3-2-4-6-8-15)12-9-16(20)19-13-10-17-11-14-19;/h15,17H,2-14H2,1H3;1H. The molecule has 0 atom stereocenters. The third kappa shape index (κ3) is 6.54. The van der Waals surface area contributed by atoms with Crippen molar-refractivity contribution in [1.82, 2.24) is 15.1 Å². The molecule has 0 aromatic heterocycles. The Morgan fingerprint density at radius 3 is 2.29 bits per heavy atom. The summed E-state index contributed by atoms with van der Waals surface area (Å²) in [6.07, 6.45) is 10.2. The molecule has 124 valence electrons. The van der Waals surface area contributed by atoms with Crippen molar-refractivity contribution < 1.29 is 4.79 Å². The van der Waals surface area contributed by atoms with E-state index >= 15 is 0 Å². The number of amides is 1. The van der Waals surface area contributed by atoms with Crippen LogP contribution in [0.3, 0.4) is 0 Å². The Morgan fingerprint density at radius 2 is 1.67 bits per heavy atom. The normalized spacial score (nSPS) is 21.5. The van der Waals surface area contributed by atoms with Gasteiger partial charge in [0.25, 0.3) is 0 Å². The van der Waals surface area contributed by atoms with Crippen LogP contribution < -0.4 is 5.32 Å². The Labute approximate surface area is 136 Å². The van der Waals surface area contributed by atoms with Gasteiger partial charge in [-0.15, -0.1) is 12.4 Å². The number of nitrogens with zero attached hydrogens (tertiary/aromatic N) is 2. The first kappa shape index (κ1) is 18.7. The number of rotatable bonds is 4. The molecule has 1 saturated heterocycles. The second-order valence-corrected chi connectivity index (χ2v) is 6.36. The fraction of sp³-hybridized carbons (Fsp3) is 0.938. The number of hydrogen-bond donors (Lipinski definition) is 1. The second-order valence-electron chi connectivity index (χ2n) is 6.36. The van der Waals surface area contributed by atoms with E-state index in [0.29, 0.717) is 18.4 Å². The predicted molar refractivity (Wildman–Crippen MR) is 90.1 cm³/mol. The molecular weight excluding hydrogens is 286 g/mol. The van der Waals surface area contributed by atoms with Crippen LogP contribution in [0, 0.1) is 0 Å². The molecule has 0 aromatic carbocycles. The highest BCUT2D eigenvalue weighted by atomic mass is 35.5. The molecule has 2 fully saturated rings. The third-order valence-corrected chi connectivity index (χ3v) is 4.85. The smallest absolute Gasteiger partial charge is 0.223 e. The highest BCUT2D eigenvalue weighted by molar-refractivity contribution is 5.85. The van der Waals surface area contributed by atoms with E-state index in [1.807, 2.05) is 4.90 Å². The summed E-state index contributed by atoms with van der Waals surface area (Å²) in [5.41, 5.74) is 0. The zero-order chi connectivity index (χ0) is 14.2. The van der Waals surface area contributed by atoms with Gasteiger partial charge in [-0.3, -0.25) is 4.79 Å². The summed E-state index contributed by atoms with van der Waals surface area (Å²) in [6, 6.07) is 0.700. The lowest BCUT2D eigenvalue weighted by Crippen LogP contribution is -2.47. The van der Waals surface area contributed by atoms with Crippen molar-refractivity contribution in [3.05, 3.63) is 0 Å². The van der Waals surface area contributed by atoms with E-state index < -0.39 is 0 Å². The van der Waals surface area contributed by atoms with Crippen molar-refractivity contribution in [3.63, 3.8) is 0 Å². The molecule has 21 heavy (non-hydrogen) atoms. The zero-order valence-electron chi connectivity index (χ0n) is 13.5. The van der Waals surface area contributed by atoms with Gasteiger partial charge in [-0.2, -0.15) is 0 Å². The lowest BCUT2D eigenvalue weighted by Gasteiger charge is -2.31. The SMILES string of the molecule is CN(CCC(=O)N1CCNCC1)C1CCCCCCC1.Cl. The molecule has 1 heterocycles. The zero-order valence-corrected chi connectivity index (χ0v) is 14.3. The Bertz CT molecular complexity index is 287. The number of carbonyl (C=O) groups is 1. The summed E-state index contributed by atoms with van der Waals surface area (Å²) in [4.78, 5) is 16.6. The van der Waals surface area contributed by atoms with Crippen molar-refractivity contribution in [1.29, 1.82) is 0 Å². The first-order valence-electron chi connectivity index (χ1n) is 8.46. The summed E-state index contributed by atoms with van der Waals surface area (Å²) < 4.78 is 0. The van der Waals surface area contributed by atoms with Gasteiger partial charge in [0, 0.05) is 45.2 Å². The van der Waals surface area contributed by atoms with Crippen molar-refractivity contribution in [2.24, 2.45) is 0 Å². The van der Waals surface area contributed by atoms with Crippen LogP contribution in [0.5, 0.6) is 0 Å². The Kier molecular flexibility index (Phi) is 9.29. The van der Waals surface area contributed by atoms with E-state index in [9.17, 15) is 4.79 Å². The summed E-state index contributed by atoms with van der Waals surface area (Å²) in [7, 11) is 2.21. The maximum Gasteiger partial charge on any atom is 0.223 e. The van der Waals surface area contributed by atoms with E-state index in [1.165, 1.54) is 44.9 Å². The molecule has 1 aliphatic carbocycles. The highest BCUT2D eigenvalue weighted by Crippen LogP contribution is 2.20. The fourth-order valence-electron chi connectivity index (χ4n) is 3.40. The number of carbonyl (C=O) groups excluding carboxylic acids is 1. The monoisotopic (exact) mass is 317 g/mol. The molecular formula is C16H32ClN3O. The van der Waals surface area contributed by atoms with Gasteiger partial charge in [0.15, 0.2) is 0 Å². The minimum atomic E-state index is 0. The molecule has 1 saturated carbocycles. The maximum absolute atomic E-state index is 12.2. The summed E-state index contributed by atoms with van der Waals surface area (Å²) in [5.74, 6) is 0.337. The molecule has 2 aliphatic rings. The number of piperazine rings is 1. The van der Waals surface area contributed by atoms with Gasteiger partial charge < -0.3 is 15.1 Å². The number of nitrogens with one attached hydrogen (secondary N) is 1. The molecule has 0 radical (unpaired) electrons. The Morgan fingerprint density at radius 1 is 1.10 bits per heavy atom. The van der Waals surface area contributed by atoms with E-state index in [4.69, 9.17) is 0 Å². The fourth-order valence-corrected chi connectivity index (χ4v) is 3.40. The minimum absolute atomic E-state index is 0. The van der Waals surface area contributed by atoms with E-state index in [2.05, 4.69) is 17.3 Å². The van der Waals surface area contributed by atoms with Crippen LogP contribution in [0.2, 0.25) is 0 Å². The van der Waals surface area contributed by atoms with Gasteiger partial charge >= 0.3 is 0 Å². The average molecular weight is 318 g/mol. The summed E-state index contributed by atoms with van der Waals surface area (Å²) in [6.45, 7) is 4.58. The van der Waals surface area contributed by atoms with Crippen LogP contribution in [0.4, 0.5) is 0 Å². The molecule has 0 unspecified atom stereocenters. The van der Waals surface area contributed by atoms with Gasteiger partial charge in [-0.1, -0.05) is 32.1 Å². The van der Waals surface area contributed by atoms with Crippen molar-refractivity contribution >= 4 is 18.3 Å². The van der Waals surface area contributed by atoms with Gasteiger partial charge in [0.1, 0.15) is 0 Å². The second kappa shape index (κ2) is 10.4. The Balaban J connectivity index is 0.00000220. The van der Waals surface area contributed by atoms with Crippen LogP contribution in [0.15, 0.2) is 0 Å². The van der Waals surface area contributed by atoms with Gasteiger partial charge in [-0.25, -0.2) is 0 Å². The molecule has 1 N–H and O–H groups in total. The van der Waals surface area contributed by atoms with Crippen LogP contribution in [-0.4, -0.2) is 61.5 Å². The molecule has 1 aliphatic heterocycles. The van der Waals surface area contributed by atoms with Crippen LogP contribution >= 0.6 is 12.4 Å². The van der Waals surface area contributed by atoms with Crippen molar-refractivity contribution in [2.75, 3.05) is 39.8 Å². The van der Waals surface area contributed by atoms with E-state index in [1.54, 1.807) is 0 Å². The molecule has 2 rings (SSSR count). The molecule has 5 heteroatoms. The molecule has 4 nitrogen and oxygen atoms in total. The quantitative estimate of drug-likeness (QED) is 0.864. The van der Waals surface area contributed by atoms with E-state index in [0.717, 1.165) is 32.7 Å². The maximum atomic E-state index is 12.2. The van der Waals surface area contributed by atoms with Crippen LogP contribution in [0.25, 0.3) is 0 Å². The lowest BCUT2D eigenvalue weighted by molar-refractivity contribution is -0.132. The largest absolute Gasteiger partial charge is 0.340 e.